The molecule has 2 heterocycles. The highest BCUT2D eigenvalue weighted by Gasteiger charge is 2.23. The molecule has 2 aromatic rings. The lowest BCUT2D eigenvalue weighted by Gasteiger charge is -2.34. The van der Waals surface area contributed by atoms with E-state index in [9.17, 15) is 4.79 Å². The van der Waals surface area contributed by atoms with E-state index in [1.54, 1.807) is 6.20 Å². The molecule has 0 radical (unpaired) electrons. The van der Waals surface area contributed by atoms with Crippen molar-refractivity contribution in [2.45, 2.75) is 44.8 Å². The number of hydrogen-bond acceptors (Lipinski definition) is 4. The van der Waals surface area contributed by atoms with Gasteiger partial charge in [0.25, 0.3) is 5.91 Å². The maximum Gasteiger partial charge on any atom is 0.251 e. The number of nitrogens with one attached hydrogen (secondary N) is 1. The second kappa shape index (κ2) is 10.4. The average Bonchev–Trinajstić information content (AvgIpc) is 2.81. The van der Waals surface area contributed by atoms with E-state index in [1.165, 1.54) is 25.8 Å². The molecule has 5 nitrogen and oxygen atoms in total. The van der Waals surface area contributed by atoms with Crippen LogP contribution in [0.3, 0.4) is 0 Å². The number of benzene rings is 1. The van der Waals surface area contributed by atoms with Crippen molar-refractivity contribution in [3.63, 3.8) is 0 Å². The molecule has 0 spiro atoms. The number of carbonyl (C=O) groups excluding carboxylic acids is 1. The van der Waals surface area contributed by atoms with Gasteiger partial charge in [0, 0.05) is 31.4 Å². The summed E-state index contributed by atoms with van der Waals surface area (Å²) in [6.07, 6.45) is 12.6. The second-order valence-electron chi connectivity index (χ2n) is 8.30. The Morgan fingerprint density at radius 3 is 2.60 bits per heavy atom. The molecule has 1 aliphatic carbocycles. The standard InChI is InChI=1S/C25H31N3O2/c29-25(27-18-22-8-4-5-15-26-22)21-9-11-23(12-10-21)30-24-13-16-28(17-14-24)19-20-6-2-1-3-7-20/h1-2,4-5,8-12,15,20,24H,3,6-7,13-14,16-19H2,(H,27,29)/t20-/m1/s1. The van der Waals surface area contributed by atoms with Gasteiger partial charge in [-0.2, -0.15) is 0 Å². The molecule has 0 saturated carbocycles. The maximum absolute atomic E-state index is 12.3. The number of carbonyl (C=O) groups is 1. The smallest absolute Gasteiger partial charge is 0.251 e. The van der Waals surface area contributed by atoms with Crippen molar-refractivity contribution in [2.24, 2.45) is 5.92 Å². The monoisotopic (exact) mass is 405 g/mol. The first-order chi connectivity index (χ1) is 14.8. The lowest BCUT2D eigenvalue weighted by atomic mass is 9.93. The lowest BCUT2D eigenvalue weighted by Crippen LogP contribution is -2.40. The largest absolute Gasteiger partial charge is 0.490 e. The Morgan fingerprint density at radius 2 is 1.90 bits per heavy atom. The Morgan fingerprint density at radius 1 is 1.07 bits per heavy atom. The summed E-state index contributed by atoms with van der Waals surface area (Å²) in [6.45, 7) is 3.87. The molecule has 4 rings (SSSR count). The van der Waals surface area contributed by atoms with Gasteiger partial charge < -0.3 is 15.0 Å². The van der Waals surface area contributed by atoms with Crippen molar-refractivity contribution in [3.05, 3.63) is 72.1 Å². The van der Waals surface area contributed by atoms with Crippen LogP contribution in [0.4, 0.5) is 0 Å². The summed E-state index contributed by atoms with van der Waals surface area (Å²) in [7, 11) is 0. The van der Waals surface area contributed by atoms with Gasteiger partial charge in [0.05, 0.1) is 12.2 Å². The fraction of sp³-hybridized carbons (Fsp3) is 0.440. The highest BCUT2D eigenvalue weighted by atomic mass is 16.5. The van der Waals surface area contributed by atoms with Gasteiger partial charge >= 0.3 is 0 Å². The third-order valence-electron chi connectivity index (χ3n) is 6.00. The molecule has 158 valence electrons. The lowest BCUT2D eigenvalue weighted by molar-refractivity contribution is 0.0899. The zero-order chi connectivity index (χ0) is 20.6. The van der Waals surface area contributed by atoms with E-state index in [0.29, 0.717) is 12.1 Å². The Kier molecular flexibility index (Phi) is 7.14. The number of likely N-dealkylation sites (tertiary alicyclic amines) is 1. The van der Waals surface area contributed by atoms with Gasteiger partial charge in [-0.05, 0) is 74.4 Å². The topological polar surface area (TPSA) is 54.5 Å². The van der Waals surface area contributed by atoms with Crippen LogP contribution in [0, 0.1) is 5.92 Å². The van der Waals surface area contributed by atoms with Gasteiger partial charge in [-0.15, -0.1) is 0 Å². The van der Waals surface area contributed by atoms with E-state index in [2.05, 4.69) is 27.4 Å². The highest BCUT2D eigenvalue weighted by Crippen LogP contribution is 2.23. The predicted molar refractivity (Wildman–Crippen MR) is 118 cm³/mol. The number of hydrogen-bond donors (Lipinski definition) is 1. The van der Waals surface area contributed by atoms with Crippen LogP contribution in [0.15, 0.2) is 60.8 Å². The van der Waals surface area contributed by atoms with Crippen LogP contribution in [0.25, 0.3) is 0 Å². The molecule has 5 heteroatoms. The molecule has 1 amide bonds. The molecule has 1 atom stereocenters. The van der Waals surface area contributed by atoms with Crippen LogP contribution in [0.5, 0.6) is 5.75 Å². The fourth-order valence-electron chi connectivity index (χ4n) is 4.25. The summed E-state index contributed by atoms with van der Waals surface area (Å²) < 4.78 is 6.18. The minimum atomic E-state index is -0.0990. The molecule has 1 saturated heterocycles. The van der Waals surface area contributed by atoms with Crippen molar-refractivity contribution in [1.82, 2.24) is 15.2 Å². The zero-order valence-electron chi connectivity index (χ0n) is 17.5. The zero-order valence-corrected chi connectivity index (χ0v) is 17.5. The molecule has 0 unspecified atom stereocenters. The minimum Gasteiger partial charge on any atom is -0.490 e. The number of piperidine rings is 1. The van der Waals surface area contributed by atoms with Gasteiger partial charge in [0.1, 0.15) is 11.9 Å². The molecule has 0 bridgehead atoms. The Hall–Kier alpha value is -2.66. The third-order valence-corrected chi connectivity index (χ3v) is 6.00. The first-order valence-corrected chi connectivity index (χ1v) is 11.1. The van der Waals surface area contributed by atoms with Crippen molar-refractivity contribution in [3.8, 4) is 5.75 Å². The van der Waals surface area contributed by atoms with E-state index in [4.69, 9.17) is 4.74 Å². The van der Waals surface area contributed by atoms with Gasteiger partial charge in [0.15, 0.2) is 0 Å². The van der Waals surface area contributed by atoms with Crippen molar-refractivity contribution in [2.75, 3.05) is 19.6 Å². The van der Waals surface area contributed by atoms with E-state index in [0.717, 1.165) is 43.3 Å². The summed E-state index contributed by atoms with van der Waals surface area (Å²) in [4.78, 5) is 19.1. The van der Waals surface area contributed by atoms with Crippen LogP contribution in [-0.2, 0) is 6.54 Å². The maximum atomic E-state index is 12.3. The number of nitrogens with zero attached hydrogens (tertiary/aromatic N) is 2. The number of amides is 1. The molecular weight excluding hydrogens is 374 g/mol. The summed E-state index contributed by atoms with van der Waals surface area (Å²) in [5.41, 5.74) is 1.48. The van der Waals surface area contributed by atoms with Crippen molar-refractivity contribution in [1.29, 1.82) is 0 Å². The molecule has 1 fully saturated rings. The van der Waals surface area contributed by atoms with Gasteiger partial charge in [-0.25, -0.2) is 0 Å². The quantitative estimate of drug-likeness (QED) is 0.701. The summed E-state index contributed by atoms with van der Waals surface area (Å²) in [5.74, 6) is 1.56. The molecule has 2 aliphatic rings. The molecule has 1 aromatic heterocycles. The SMILES string of the molecule is O=C(NCc1ccccn1)c1ccc(OC2CCN(C[C@@H]3CC=CCC3)CC2)cc1. The van der Waals surface area contributed by atoms with Crippen LogP contribution in [-0.4, -0.2) is 41.5 Å². The molecular formula is C25H31N3O2. The minimum absolute atomic E-state index is 0.0990. The molecule has 1 aromatic carbocycles. The Bertz CT molecular complexity index is 827. The number of aromatic nitrogens is 1. The van der Waals surface area contributed by atoms with E-state index < -0.39 is 0 Å². The Labute approximate surface area is 179 Å². The normalized spacial score (nSPS) is 20.1. The number of allylic oxidation sites excluding steroid dienone is 2. The first kappa shape index (κ1) is 20.6. The van der Waals surface area contributed by atoms with E-state index in [1.807, 2.05) is 42.5 Å². The second-order valence-corrected chi connectivity index (χ2v) is 8.30. The number of rotatable bonds is 7. The Balaban J connectivity index is 1.20. The summed E-state index contributed by atoms with van der Waals surface area (Å²) >= 11 is 0. The van der Waals surface area contributed by atoms with Crippen molar-refractivity contribution >= 4 is 5.91 Å². The fourth-order valence-corrected chi connectivity index (χ4v) is 4.25. The third kappa shape index (κ3) is 5.92. The number of ether oxygens (including phenoxy) is 1. The van der Waals surface area contributed by atoms with Crippen molar-refractivity contribution < 1.29 is 9.53 Å². The average molecular weight is 406 g/mol. The summed E-state index contributed by atoms with van der Waals surface area (Å²) in [5, 5.41) is 2.90. The van der Waals surface area contributed by atoms with Crippen LogP contribution < -0.4 is 10.1 Å². The van der Waals surface area contributed by atoms with Gasteiger partial charge in [0.2, 0.25) is 0 Å². The first-order valence-electron chi connectivity index (χ1n) is 11.1. The molecule has 1 N–H and O–H groups in total. The predicted octanol–water partition coefficient (Wildman–Crippen LogP) is 4.21. The van der Waals surface area contributed by atoms with E-state index in [-0.39, 0.29) is 12.0 Å². The molecule has 1 aliphatic heterocycles. The van der Waals surface area contributed by atoms with Crippen LogP contribution in [0.1, 0.15) is 48.2 Å². The van der Waals surface area contributed by atoms with Crippen LogP contribution in [0.2, 0.25) is 0 Å². The highest BCUT2D eigenvalue weighted by molar-refractivity contribution is 5.94. The van der Waals surface area contributed by atoms with Gasteiger partial charge in [-0.1, -0.05) is 18.2 Å². The van der Waals surface area contributed by atoms with Gasteiger partial charge in [-0.3, -0.25) is 9.78 Å². The van der Waals surface area contributed by atoms with Crippen LogP contribution >= 0.6 is 0 Å². The molecule has 30 heavy (non-hydrogen) atoms. The number of pyridine rings is 1. The van der Waals surface area contributed by atoms with E-state index >= 15 is 0 Å². The summed E-state index contributed by atoms with van der Waals surface area (Å²) in [6, 6.07) is 13.1.